The van der Waals surface area contributed by atoms with Gasteiger partial charge in [0.15, 0.2) is 11.5 Å². The van der Waals surface area contributed by atoms with Crippen LogP contribution >= 0.6 is 11.8 Å². The first kappa shape index (κ1) is 18.5. The molecule has 1 fully saturated rings. The lowest BCUT2D eigenvalue weighted by Gasteiger charge is -2.17. The Morgan fingerprint density at radius 2 is 1.83 bits per heavy atom. The topological polar surface area (TPSA) is 78.5 Å². The molecule has 3 aromatic rings. The average Bonchev–Trinajstić information content (AvgIpc) is 3.38. The molecule has 2 aliphatic rings. The van der Waals surface area contributed by atoms with Gasteiger partial charge in [0.1, 0.15) is 5.52 Å². The summed E-state index contributed by atoms with van der Waals surface area (Å²) < 4.78 is 0. The zero-order chi connectivity index (χ0) is 19.5. The minimum Gasteiger partial charge on any atom is -0.351 e. The Morgan fingerprint density at radius 3 is 2.59 bits per heavy atom. The summed E-state index contributed by atoms with van der Waals surface area (Å²) in [4.78, 5) is 16.9. The number of H-pyrrole nitrogens is 1. The summed E-state index contributed by atoms with van der Waals surface area (Å²) in [6.45, 7) is 0. The SMILES string of the molecule is C1=CSC(c2ccc(Nc3nc(NC4CCCCCC4)nc4nc[nH]c34)cc2)C1. The predicted octanol–water partition coefficient (Wildman–Crippen LogP) is 5.92. The van der Waals surface area contributed by atoms with Gasteiger partial charge in [-0.05, 0) is 42.4 Å². The van der Waals surface area contributed by atoms with Gasteiger partial charge in [-0.25, -0.2) is 4.98 Å². The summed E-state index contributed by atoms with van der Waals surface area (Å²) in [5.41, 5.74) is 3.88. The van der Waals surface area contributed by atoms with Crippen molar-refractivity contribution in [3.8, 4) is 0 Å². The number of thioether (sulfide) groups is 1. The molecule has 1 unspecified atom stereocenters. The highest BCUT2D eigenvalue weighted by atomic mass is 32.2. The summed E-state index contributed by atoms with van der Waals surface area (Å²) in [7, 11) is 0. The quantitative estimate of drug-likeness (QED) is 0.456. The maximum atomic E-state index is 4.77. The maximum absolute atomic E-state index is 4.77. The number of benzene rings is 1. The van der Waals surface area contributed by atoms with Crippen molar-refractivity contribution in [1.82, 2.24) is 19.9 Å². The number of imidazole rings is 1. The lowest BCUT2D eigenvalue weighted by atomic mass is 10.1. The van der Waals surface area contributed by atoms with Crippen molar-refractivity contribution in [2.75, 3.05) is 10.6 Å². The van der Waals surface area contributed by atoms with Gasteiger partial charge in [-0.3, -0.25) is 0 Å². The molecule has 7 heteroatoms. The number of fused-ring (bicyclic) bond motifs is 1. The fourth-order valence-corrected chi connectivity index (χ4v) is 5.06. The van der Waals surface area contributed by atoms with Crippen LogP contribution in [0.5, 0.6) is 0 Å². The summed E-state index contributed by atoms with van der Waals surface area (Å²) in [5, 5.41) is 9.73. The van der Waals surface area contributed by atoms with Crippen molar-refractivity contribution in [2.24, 2.45) is 0 Å². The fraction of sp³-hybridized carbons (Fsp3) is 0.409. The molecule has 0 radical (unpaired) electrons. The number of nitrogens with one attached hydrogen (secondary N) is 3. The molecular weight excluding hydrogens is 380 g/mol. The number of anilines is 3. The Bertz CT molecular complexity index is 980. The molecule has 3 N–H and O–H groups in total. The molecule has 1 saturated carbocycles. The molecule has 3 heterocycles. The second-order valence-electron chi connectivity index (χ2n) is 7.81. The van der Waals surface area contributed by atoms with E-state index in [1.807, 2.05) is 11.8 Å². The molecule has 29 heavy (non-hydrogen) atoms. The minimum absolute atomic E-state index is 0.443. The van der Waals surface area contributed by atoms with Crippen LogP contribution in [0.3, 0.4) is 0 Å². The Morgan fingerprint density at radius 1 is 1.00 bits per heavy atom. The Balaban J connectivity index is 1.36. The molecule has 0 spiro atoms. The number of aromatic amines is 1. The number of nitrogens with zero attached hydrogens (tertiary/aromatic N) is 3. The Labute approximate surface area is 175 Å². The third-order valence-electron chi connectivity index (χ3n) is 5.71. The van der Waals surface area contributed by atoms with Crippen molar-refractivity contribution in [3.05, 3.63) is 47.6 Å². The fourth-order valence-electron chi connectivity index (χ4n) is 4.11. The number of hydrogen-bond donors (Lipinski definition) is 3. The summed E-state index contributed by atoms with van der Waals surface area (Å²) >= 11 is 1.89. The summed E-state index contributed by atoms with van der Waals surface area (Å²) in [6, 6.07) is 9.08. The number of hydrogen-bond acceptors (Lipinski definition) is 6. The van der Waals surface area contributed by atoms with E-state index in [1.165, 1.54) is 44.1 Å². The smallest absolute Gasteiger partial charge is 0.227 e. The van der Waals surface area contributed by atoms with E-state index >= 15 is 0 Å². The highest BCUT2D eigenvalue weighted by Gasteiger charge is 2.17. The standard InChI is InChI=1S/C22H26N6S/c1-2-4-7-16(6-3-1)26-22-27-20-19(23-14-24-20)21(28-22)25-17-11-9-15(10-12-17)18-8-5-13-29-18/h5,9-14,16,18H,1-4,6-8H2,(H3,23,24,25,26,27,28). The van der Waals surface area contributed by atoms with Crippen LogP contribution in [0.15, 0.2) is 42.1 Å². The largest absolute Gasteiger partial charge is 0.351 e. The van der Waals surface area contributed by atoms with E-state index in [2.05, 4.69) is 61.3 Å². The predicted molar refractivity (Wildman–Crippen MR) is 121 cm³/mol. The molecule has 5 rings (SSSR count). The maximum Gasteiger partial charge on any atom is 0.227 e. The Kier molecular flexibility index (Phi) is 5.39. The number of allylic oxidation sites excluding steroid dienone is 1. The molecule has 1 aromatic carbocycles. The summed E-state index contributed by atoms with van der Waals surface area (Å²) in [5.74, 6) is 1.41. The zero-order valence-corrected chi connectivity index (χ0v) is 17.2. The van der Waals surface area contributed by atoms with Crippen LogP contribution in [-0.2, 0) is 0 Å². The Hall–Kier alpha value is -2.54. The van der Waals surface area contributed by atoms with Crippen molar-refractivity contribution >= 4 is 40.4 Å². The van der Waals surface area contributed by atoms with E-state index in [0.29, 0.717) is 22.9 Å². The van der Waals surface area contributed by atoms with Gasteiger partial charge in [-0.15, -0.1) is 11.8 Å². The first-order chi connectivity index (χ1) is 14.3. The van der Waals surface area contributed by atoms with Crippen molar-refractivity contribution in [2.45, 2.75) is 56.2 Å². The van der Waals surface area contributed by atoms with Crippen LogP contribution < -0.4 is 10.6 Å². The van der Waals surface area contributed by atoms with Gasteiger partial charge in [0.2, 0.25) is 5.95 Å². The minimum atomic E-state index is 0.443. The van der Waals surface area contributed by atoms with Gasteiger partial charge in [-0.1, -0.05) is 43.9 Å². The van der Waals surface area contributed by atoms with Crippen LogP contribution in [-0.4, -0.2) is 26.0 Å². The first-order valence-electron chi connectivity index (χ1n) is 10.5. The first-order valence-corrected chi connectivity index (χ1v) is 11.4. The molecule has 6 nitrogen and oxygen atoms in total. The van der Waals surface area contributed by atoms with E-state index in [1.54, 1.807) is 6.33 Å². The molecular formula is C22H26N6S. The van der Waals surface area contributed by atoms with Crippen molar-refractivity contribution in [3.63, 3.8) is 0 Å². The van der Waals surface area contributed by atoms with Gasteiger partial charge in [-0.2, -0.15) is 9.97 Å². The highest BCUT2D eigenvalue weighted by molar-refractivity contribution is 8.02. The van der Waals surface area contributed by atoms with Crippen molar-refractivity contribution < 1.29 is 0 Å². The highest BCUT2D eigenvalue weighted by Crippen LogP contribution is 2.38. The van der Waals surface area contributed by atoms with E-state index in [0.717, 1.165) is 23.4 Å². The lowest BCUT2D eigenvalue weighted by Crippen LogP contribution is -2.20. The molecule has 1 aliphatic carbocycles. The van der Waals surface area contributed by atoms with E-state index in [4.69, 9.17) is 4.98 Å². The van der Waals surface area contributed by atoms with Crippen LogP contribution in [0, 0.1) is 0 Å². The van der Waals surface area contributed by atoms with Gasteiger partial charge >= 0.3 is 0 Å². The third-order valence-corrected chi connectivity index (χ3v) is 6.85. The van der Waals surface area contributed by atoms with Gasteiger partial charge in [0, 0.05) is 17.0 Å². The van der Waals surface area contributed by atoms with Crippen LogP contribution in [0.4, 0.5) is 17.5 Å². The van der Waals surface area contributed by atoms with Crippen LogP contribution in [0.1, 0.15) is 55.8 Å². The molecule has 1 aliphatic heterocycles. The second-order valence-corrected chi connectivity index (χ2v) is 8.92. The second kappa shape index (κ2) is 8.45. The van der Waals surface area contributed by atoms with E-state index in [-0.39, 0.29) is 0 Å². The van der Waals surface area contributed by atoms with E-state index in [9.17, 15) is 0 Å². The average molecular weight is 407 g/mol. The van der Waals surface area contributed by atoms with Crippen LogP contribution in [0.2, 0.25) is 0 Å². The normalized spacial score (nSPS) is 20.1. The molecule has 0 saturated heterocycles. The molecule has 150 valence electrons. The van der Waals surface area contributed by atoms with E-state index < -0.39 is 0 Å². The number of rotatable bonds is 5. The molecule has 1 atom stereocenters. The van der Waals surface area contributed by atoms with Gasteiger partial charge in [0.05, 0.1) is 6.33 Å². The third kappa shape index (κ3) is 4.24. The molecule has 0 bridgehead atoms. The molecule has 2 aromatic heterocycles. The lowest BCUT2D eigenvalue weighted by molar-refractivity contribution is 0.615. The number of aromatic nitrogens is 4. The monoisotopic (exact) mass is 406 g/mol. The van der Waals surface area contributed by atoms with Gasteiger partial charge in [0.25, 0.3) is 0 Å². The summed E-state index contributed by atoms with van der Waals surface area (Å²) in [6.07, 6.45) is 12.6. The van der Waals surface area contributed by atoms with Crippen molar-refractivity contribution in [1.29, 1.82) is 0 Å². The van der Waals surface area contributed by atoms with Crippen LogP contribution in [0.25, 0.3) is 11.2 Å². The van der Waals surface area contributed by atoms with Gasteiger partial charge < -0.3 is 15.6 Å². The zero-order valence-electron chi connectivity index (χ0n) is 16.4. The molecule has 0 amide bonds.